The third kappa shape index (κ3) is 3.56. The standard InChI is InChI=1S/C23H22N2O6/c1-29-14-6-4-5-13(9-14)16-11-20(26)24-21-17(23(27)28)12-25(22(16)21)18-8-7-15(30-2)10-19(18)31-3/h4-10,12,16H,11H2,1-3H3,(H,24,26)(H,27,28)/t16-/m1/s1. The highest BCUT2D eigenvalue weighted by molar-refractivity contribution is 6.04. The first kappa shape index (κ1) is 20.3. The maximum atomic E-state index is 12.5. The minimum absolute atomic E-state index is 0.00816. The number of aromatic nitrogens is 1. The molecule has 2 aromatic carbocycles. The molecule has 0 fully saturated rings. The van der Waals surface area contributed by atoms with Gasteiger partial charge in [0.1, 0.15) is 22.8 Å². The number of carboxylic acids is 1. The first-order valence-electron chi connectivity index (χ1n) is 9.61. The van der Waals surface area contributed by atoms with Crippen molar-refractivity contribution in [2.75, 3.05) is 26.6 Å². The molecule has 1 aliphatic heterocycles. The van der Waals surface area contributed by atoms with Crippen molar-refractivity contribution in [3.05, 3.63) is 65.5 Å². The van der Waals surface area contributed by atoms with Crippen molar-refractivity contribution in [2.45, 2.75) is 12.3 Å². The summed E-state index contributed by atoms with van der Waals surface area (Å²) in [7, 11) is 4.67. The molecule has 0 spiro atoms. The molecule has 2 heterocycles. The fraction of sp³-hybridized carbons (Fsp3) is 0.217. The van der Waals surface area contributed by atoms with Gasteiger partial charge in [-0.05, 0) is 29.8 Å². The number of rotatable bonds is 6. The highest BCUT2D eigenvalue weighted by atomic mass is 16.5. The van der Waals surface area contributed by atoms with Crippen LogP contribution in [0.1, 0.15) is 34.0 Å². The van der Waals surface area contributed by atoms with Gasteiger partial charge in [0.15, 0.2) is 0 Å². The number of nitrogens with one attached hydrogen (secondary N) is 1. The second-order valence-corrected chi connectivity index (χ2v) is 7.10. The van der Waals surface area contributed by atoms with E-state index in [1.165, 1.54) is 13.3 Å². The molecule has 4 rings (SSSR count). The van der Waals surface area contributed by atoms with E-state index in [2.05, 4.69) is 5.32 Å². The van der Waals surface area contributed by atoms with E-state index in [9.17, 15) is 14.7 Å². The van der Waals surface area contributed by atoms with E-state index in [-0.39, 0.29) is 29.5 Å². The molecular weight excluding hydrogens is 400 g/mol. The van der Waals surface area contributed by atoms with Gasteiger partial charge in [-0.1, -0.05) is 12.1 Å². The number of carbonyl (C=O) groups is 2. The van der Waals surface area contributed by atoms with Gasteiger partial charge in [-0.15, -0.1) is 0 Å². The molecule has 2 N–H and O–H groups in total. The molecular formula is C23H22N2O6. The lowest BCUT2D eigenvalue weighted by Gasteiger charge is -2.27. The Morgan fingerprint density at radius 1 is 1.06 bits per heavy atom. The number of methoxy groups -OCH3 is 3. The Morgan fingerprint density at radius 2 is 1.81 bits per heavy atom. The molecule has 1 amide bonds. The van der Waals surface area contributed by atoms with E-state index in [1.807, 2.05) is 24.3 Å². The Hall–Kier alpha value is -3.94. The fourth-order valence-corrected chi connectivity index (χ4v) is 3.95. The Labute approximate surface area is 179 Å². The van der Waals surface area contributed by atoms with Crippen LogP contribution in [0, 0.1) is 0 Å². The van der Waals surface area contributed by atoms with Crippen molar-refractivity contribution in [1.29, 1.82) is 0 Å². The Balaban J connectivity index is 1.98. The molecule has 3 aromatic rings. The summed E-state index contributed by atoms with van der Waals surface area (Å²) >= 11 is 0. The number of hydrogen-bond acceptors (Lipinski definition) is 5. The summed E-state index contributed by atoms with van der Waals surface area (Å²) in [4.78, 5) is 24.5. The van der Waals surface area contributed by atoms with Gasteiger partial charge in [-0.3, -0.25) is 4.79 Å². The zero-order valence-electron chi connectivity index (χ0n) is 17.3. The zero-order chi connectivity index (χ0) is 22.1. The normalized spacial score (nSPS) is 15.1. The summed E-state index contributed by atoms with van der Waals surface area (Å²) in [6.07, 6.45) is 1.68. The first-order chi connectivity index (χ1) is 15.0. The molecule has 1 aromatic heterocycles. The van der Waals surface area contributed by atoms with Crippen LogP contribution in [0.4, 0.5) is 5.69 Å². The highest BCUT2D eigenvalue weighted by Gasteiger charge is 2.35. The maximum Gasteiger partial charge on any atom is 0.339 e. The van der Waals surface area contributed by atoms with Crippen LogP contribution in [-0.2, 0) is 4.79 Å². The van der Waals surface area contributed by atoms with Crippen molar-refractivity contribution < 1.29 is 28.9 Å². The average Bonchev–Trinajstić information content (AvgIpc) is 3.17. The molecule has 0 radical (unpaired) electrons. The number of benzene rings is 2. The SMILES string of the molecule is COc1cccc([C@H]2CC(=O)Nc3c(C(=O)O)cn(-c4ccc(OC)cc4OC)c32)c1. The van der Waals surface area contributed by atoms with Gasteiger partial charge >= 0.3 is 5.97 Å². The maximum absolute atomic E-state index is 12.5. The van der Waals surface area contributed by atoms with Crippen LogP contribution in [0.2, 0.25) is 0 Å². The number of hydrogen-bond donors (Lipinski definition) is 2. The van der Waals surface area contributed by atoms with E-state index in [1.54, 1.807) is 37.0 Å². The third-order valence-corrected chi connectivity index (χ3v) is 5.40. The molecule has 160 valence electrons. The second-order valence-electron chi connectivity index (χ2n) is 7.10. The van der Waals surface area contributed by atoms with Crippen LogP contribution < -0.4 is 19.5 Å². The van der Waals surface area contributed by atoms with Crippen molar-refractivity contribution in [1.82, 2.24) is 4.57 Å². The van der Waals surface area contributed by atoms with E-state index in [0.29, 0.717) is 28.6 Å². The van der Waals surface area contributed by atoms with Crippen LogP contribution in [0.15, 0.2) is 48.7 Å². The van der Waals surface area contributed by atoms with E-state index < -0.39 is 5.97 Å². The number of ether oxygens (including phenoxy) is 3. The third-order valence-electron chi connectivity index (χ3n) is 5.40. The van der Waals surface area contributed by atoms with Gasteiger partial charge in [-0.25, -0.2) is 4.79 Å². The van der Waals surface area contributed by atoms with Crippen molar-refractivity contribution in [2.24, 2.45) is 0 Å². The average molecular weight is 422 g/mol. The van der Waals surface area contributed by atoms with Crippen molar-refractivity contribution >= 4 is 17.6 Å². The second kappa shape index (κ2) is 8.06. The van der Waals surface area contributed by atoms with Crippen LogP contribution >= 0.6 is 0 Å². The number of carboxylic acid groups (broad SMARTS) is 1. The van der Waals surface area contributed by atoms with E-state index >= 15 is 0 Å². The smallest absolute Gasteiger partial charge is 0.339 e. The molecule has 8 nitrogen and oxygen atoms in total. The van der Waals surface area contributed by atoms with Crippen LogP contribution in [0.25, 0.3) is 5.69 Å². The fourth-order valence-electron chi connectivity index (χ4n) is 3.95. The van der Waals surface area contributed by atoms with E-state index in [0.717, 1.165) is 5.56 Å². The van der Waals surface area contributed by atoms with Gasteiger partial charge in [0, 0.05) is 24.6 Å². The molecule has 0 bridgehead atoms. The molecule has 0 saturated carbocycles. The summed E-state index contributed by atoms with van der Waals surface area (Å²) in [6.45, 7) is 0. The summed E-state index contributed by atoms with van der Waals surface area (Å²) in [5.41, 5.74) is 2.44. The summed E-state index contributed by atoms with van der Waals surface area (Å²) in [5.74, 6) is 0.0202. The van der Waals surface area contributed by atoms with Crippen LogP contribution in [0.5, 0.6) is 17.2 Å². The Morgan fingerprint density at radius 3 is 2.48 bits per heavy atom. The van der Waals surface area contributed by atoms with Gasteiger partial charge in [0.05, 0.1) is 38.4 Å². The quantitative estimate of drug-likeness (QED) is 0.629. The summed E-state index contributed by atoms with van der Waals surface area (Å²) in [6, 6.07) is 12.7. The predicted octanol–water partition coefficient (Wildman–Crippen LogP) is 3.68. The molecule has 0 aliphatic carbocycles. The van der Waals surface area contributed by atoms with Crippen molar-refractivity contribution in [3.8, 4) is 22.9 Å². The molecule has 0 unspecified atom stereocenters. The number of carbonyl (C=O) groups excluding carboxylic acids is 1. The zero-order valence-corrected chi connectivity index (χ0v) is 17.3. The molecule has 31 heavy (non-hydrogen) atoms. The molecule has 1 aliphatic rings. The Kier molecular flexibility index (Phi) is 5.29. The largest absolute Gasteiger partial charge is 0.497 e. The van der Waals surface area contributed by atoms with Crippen molar-refractivity contribution in [3.63, 3.8) is 0 Å². The van der Waals surface area contributed by atoms with Crippen LogP contribution in [-0.4, -0.2) is 42.9 Å². The van der Waals surface area contributed by atoms with Gasteiger partial charge < -0.3 is 29.2 Å². The Bertz CT molecular complexity index is 1170. The minimum Gasteiger partial charge on any atom is -0.497 e. The van der Waals surface area contributed by atoms with Gasteiger partial charge in [-0.2, -0.15) is 0 Å². The molecule has 8 heteroatoms. The lowest BCUT2D eigenvalue weighted by Crippen LogP contribution is -2.25. The molecule has 0 saturated heterocycles. The van der Waals surface area contributed by atoms with Gasteiger partial charge in [0.2, 0.25) is 5.91 Å². The van der Waals surface area contributed by atoms with E-state index in [4.69, 9.17) is 14.2 Å². The molecule has 1 atom stereocenters. The monoisotopic (exact) mass is 422 g/mol. The number of amides is 1. The number of anilines is 1. The van der Waals surface area contributed by atoms with Gasteiger partial charge in [0.25, 0.3) is 0 Å². The number of aromatic carboxylic acids is 1. The number of fused-ring (bicyclic) bond motifs is 1. The first-order valence-corrected chi connectivity index (χ1v) is 9.61. The number of nitrogens with zero attached hydrogens (tertiary/aromatic N) is 1. The lowest BCUT2D eigenvalue weighted by atomic mass is 9.88. The lowest BCUT2D eigenvalue weighted by molar-refractivity contribution is -0.116. The minimum atomic E-state index is -1.13. The van der Waals surface area contributed by atoms with Crippen LogP contribution in [0.3, 0.4) is 0 Å². The predicted molar refractivity (Wildman–Crippen MR) is 114 cm³/mol. The summed E-state index contributed by atoms with van der Waals surface area (Å²) in [5, 5.41) is 12.6. The summed E-state index contributed by atoms with van der Waals surface area (Å²) < 4.78 is 17.9. The topological polar surface area (TPSA) is 99.0 Å². The highest BCUT2D eigenvalue weighted by Crippen LogP contribution is 2.43.